The molecule has 0 aliphatic carbocycles. The van der Waals surface area contributed by atoms with Crippen LogP contribution in [0.5, 0.6) is 0 Å². The summed E-state index contributed by atoms with van der Waals surface area (Å²) in [4.78, 5) is 0. The average molecular weight is 233 g/mol. The first kappa shape index (κ1) is 12.8. The van der Waals surface area contributed by atoms with E-state index in [9.17, 15) is 13.2 Å². The average Bonchev–Trinajstić information content (AvgIpc) is 2.24. The second-order valence-corrected chi connectivity index (χ2v) is 3.63. The third-order valence-corrected chi connectivity index (χ3v) is 2.45. The number of ether oxygens (including phenoxy) is 1. The minimum absolute atomic E-state index is 0.129. The fourth-order valence-electron chi connectivity index (χ4n) is 1.22. The Bertz CT molecular complexity index is 347. The molecule has 0 heterocycles. The lowest BCUT2D eigenvalue weighted by Crippen LogP contribution is -2.29. The summed E-state index contributed by atoms with van der Waals surface area (Å²) < 4.78 is 43.5. The monoisotopic (exact) mass is 233 g/mol. The summed E-state index contributed by atoms with van der Waals surface area (Å²) in [5.41, 5.74) is 0.188. The minimum Gasteiger partial charge on any atom is -0.380 e. The van der Waals surface area contributed by atoms with Crippen LogP contribution in [0, 0.1) is 17.5 Å². The van der Waals surface area contributed by atoms with Crippen LogP contribution in [0.1, 0.15) is 13.8 Å². The van der Waals surface area contributed by atoms with E-state index >= 15 is 0 Å². The van der Waals surface area contributed by atoms with Crippen LogP contribution in [0.25, 0.3) is 0 Å². The summed E-state index contributed by atoms with van der Waals surface area (Å²) >= 11 is 0. The Morgan fingerprint density at radius 3 is 2.06 bits per heavy atom. The number of halogens is 3. The molecule has 0 aliphatic rings. The predicted octanol–water partition coefficient (Wildman–Crippen LogP) is 2.94. The van der Waals surface area contributed by atoms with E-state index < -0.39 is 17.5 Å². The fourth-order valence-corrected chi connectivity index (χ4v) is 1.22. The van der Waals surface area contributed by atoms with Crippen molar-refractivity contribution in [1.29, 1.82) is 0 Å². The first-order chi connectivity index (χ1) is 7.45. The van der Waals surface area contributed by atoms with Crippen LogP contribution in [0.4, 0.5) is 18.9 Å². The van der Waals surface area contributed by atoms with Gasteiger partial charge in [-0.05, 0) is 13.8 Å². The molecular weight excluding hydrogens is 219 g/mol. The number of nitrogens with one attached hydrogen (secondary N) is 1. The van der Waals surface area contributed by atoms with Gasteiger partial charge in [0, 0.05) is 31.0 Å². The molecule has 1 rings (SSSR count). The Kier molecular flexibility index (Phi) is 4.18. The van der Waals surface area contributed by atoms with E-state index in [1.807, 2.05) is 6.92 Å². The number of rotatable bonds is 4. The van der Waals surface area contributed by atoms with Gasteiger partial charge in [0.25, 0.3) is 0 Å². The summed E-state index contributed by atoms with van der Waals surface area (Å²) in [7, 11) is 1.54. The second-order valence-electron chi connectivity index (χ2n) is 3.63. The maximum atomic E-state index is 12.9. The van der Waals surface area contributed by atoms with Gasteiger partial charge in [0.1, 0.15) is 0 Å². The Hall–Kier alpha value is -1.23. The van der Waals surface area contributed by atoms with Crippen molar-refractivity contribution in [3.05, 3.63) is 29.6 Å². The van der Waals surface area contributed by atoms with Gasteiger partial charge in [-0.25, -0.2) is 13.2 Å². The number of hydrogen-bond acceptors (Lipinski definition) is 2. The molecule has 5 heteroatoms. The van der Waals surface area contributed by atoms with E-state index in [1.165, 1.54) is 7.11 Å². The molecule has 2 unspecified atom stereocenters. The van der Waals surface area contributed by atoms with Crippen molar-refractivity contribution in [3.63, 3.8) is 0 Å². The van der Waals surface area contributed by atoms with Crippen LogP contribution < -0.4 is 5.32 Å². The van der Waals surface area contributed by atoms with Gasteiger partial charge in [0.2, 0.25) is 0 Å². The van der Waals surface area contributed by atoms with E-state index in [0.29, 0.717) is 0 Å². The molecule has 1 N–H and O–H groups in total. The van der Waals surface area contributed by atoms with Crippen LogP contribution in [0.3, 0.4) is 0 Å². The van der Waals surface area contributed by atoms with Crippen molar-refractivity contribution in [2.24, 2.45) is 0 Å². The Balaban J connectivity index is 2.82. The summed E-state index contributed by atoms with van der Waals surface area (Å²) in [5, 5.41) is 2.83. The topological polar surface area (TPSA) is 21.3 Å². The van der Waals surface area contributed by atoms with Crippen molar-refractivity contribution in [2.75, 3.05) is 12.4 Å². The van der Waals surface area contributed by atoms with Crippen LogP contribution in [-0.2, 0) is 4.74 Å². The summed E-state index contributed by atoms with van der Waals surface area (Å²) in [6.45, 7) is 3.61. The largest absolute Gasteiger partial charge is 0.380 e. The van der Waals surface area contributed by atoms with E-state index in [-0.39, 0.29) is 17.8 Å². The number of methoxy groups -OCH3 is 1. The highest BCUT2D eigenvalue weighted by atomic mass is 19.2. The van der Waals surface area contributed by atoms with Crippen LogP contribution in [0.2, 0.25) is 0 Å². The zero-order chi connectivity index (χ0) is 12.3. The molecule has 0 aromatic heterocycles. The smallest absolute Gasteiger partial charge is 0.194 e. The van der Waals surface area contributed by atoms with Gasteiger partial charge in [-0.15, -0.1) is 0 Å². The highest BCUT2D eigenvalue weighted by Crippen LogP contribution is 2.18. The van der Waals surface area contributed by atoms with Gasteiger partial charge in [0.05, 0.1) is 6.10 Å². The van der Waals surface area contributed by atoms with E-state index in [1.54, 1.807) is 6.92 Å². The quantitative estimate of drug-likeness (QED) is 0.807. The summed E-state index contributed by atoms with van der Waals surface area (Å²) in [6, 6.07) is 1.68. The molecule has 1 aromatic carbocycles. The molecule has 0 fully saturated rings. The van der Waals surface area contributed by atoms with E-state index in [2.05, 4.69) is 5.32 Å². The van der Waals surface area contributed by atoms with Crippen molar-refractivity contribution in [3.8, 4) is 0 Å². The highest BCUT2D eigenvalue weighted by Gasteiger charge is 2.14. The lowest BCUT2D eigenvalue weighted by molar-refractivity contribution is 0.106. The molecule has 16 heavy (non-hydrogen) atoms. The molecule has 2 nitrogen and oxygen atoms in total. The third-order valence-electron chi connectivity index (χ3n) is 2.45. The Labute approximate surface area is 92.4 Å². The van der Waals surface area contributed by atoms with Gasteiger partial charge in [0.15, 0.2) is 17.5 Å². The lowest BCUT2D eigenvalue weighted by atomic mass is 10.2. The molecular formula is C11H14F3NO. The first-order valence-corrected chi connectivity index (χ1v) is 4.89. The maximum Gasteiger partial charge on any atom is 0.194 e. The first-order valence-electron chi connectivity index (χ1n) is 4.89. The summed E-state index contributed by atoms with van der Waals surface area (Å²) in [5.74, 6) is -3.88. The normalized spacial score (nSPS) is 14.6. The number of hydrogen-bond donors (Lipinski definition) is 1. The molecule has 2 atom stereocenters. The van der Waals surface area contributed by atoms with Crippen molar-refractivity contribution in [1.82, 2.24) is 0 Å². The molecule has 1 aromatic rings. The zero-order valence-corrected chi connectivity index (χ0v) is 9.35. The lowest BCUT2D eigenvalue weighted by Gasteiger charge is -2.21. The maximum absolute atomic E-state index is 12.9. The number of benzene rings is 1. The zero-order valence-electron chi connectivity index (χ0n) is 9.35. The van der Waals surface area contributed by atoms with Gasteiger partial charge >= 0.3 is 0 Å². The van der Waals surface area contributed by atoms with Crippen molar-refractivity contribution < 1.29 is 17.9 Å². The van der Waals surface area contributed by atoms with Crippen molar-refractivity contribution >= 4 is 5.69 Å². The molecule has 0 radical (unpaired) electrons. The molecule has 0 saturated heterocycles. The van der Waals surface area contributed by atoms with Gasteiger partial charge in [-0.3, -0.25) is 0 Å². The van der Waals surface area contributed by atoms with Gasteiger partial charge in [-0.2, -0.15) is 0 Å². The molecule has 0 bridgehead atoms. The van der Waals surface area contributed by atoms with E-state index in [0.717, 1.165) is 12.1 Å². The standard InChI is InChI=1S/C11H14F3NO/c1-6(7(2)16-3)15-8-4-9(12)11(14)10(13)5-8/h4-7,15H,1-3H3. The van der Waals surface area contributed by atoms with Crippen molar-refractivity contribution in [2.45, 2.75) is 26.0 Å². The molecule has 0 amide bonds. The predicted molar refractivity (Wildman–Crippen MR) is 55.9 cm³/mol. The van der Waals surface area contributed by atoms with Crippen LogP contribution in [0.15, 0.2) is 12.1 Å². The molecule has 90 valence electrons. The van der Waals surface area contributed by atoms with E-state index in [4.69, 9.17) is 4.74 Å². The fraction of sp³-hybridized carbons (Fsp3) is 0.455. The Morgan fingerprint density at radius 1 is 1.12 bits per heavy atom. The summed E-state index contributed by atoms with van der Waals surface area (Å²) in [6.07, 6.45) is -0.129. The third kappa shape index (κ3) is 2.88. The Morgan fingerprint density at radius 2 is 1.62 bits per heavy atom. The highest BCUT2D eigenvalue weighted by molar-refractivity contribution is 5.45. The van der Waals surface area contributed by atoms with Gasteiger partial charge < -0.3 is 10.1 Å². The van der Waals surface area contributed by atoms with Crippen LogP contribution >= 0.6 is 0 Å². The second kappa shape index (κ2) is 5.21. The SMILES string of the molecule is COC(C)C(C)Nc1cc(F)c(F)c(F)c1. The molecule has 0 aliphatic heterocycles. The van der Waals surface area contributed by atoms with Crippen LogP contribution in [-0.4, -0.2) is 19.3 Å². The number of anilines is 1. The minimum atomic E-state index is -1.46. The van der Waals surface area contributed by atoms with Gasteiger partial charge in [-0.1, -0.05) is 0 Å². The molecule has 0 spiro atoms. The molecule has 0 saturated carbocycles.